The SMILES string of the molecule is CCOc1ccc(-n2c(SCC(=O)Nc3cc(C(F)(F)F)cc(C(F)(F)F)c3)nnc2-c2ccc(C(C)(C)C)cc2)cc1. The van der Waals surface area contributed by atoms with Crippen molar-refractivity contribution in [2.45, 2.75) is 50.6 Å². The fourth-order valence-electron chi connectivity index (χ4n) is 4.11. The van der Waals surface area contributed by atoms with Crippen LogP contribution in [-0.4, -0.2) is 33.0 Å². The Morgan fingerprint density at radius 2 is 1.42 bits per heavy atom. The van der Waals surface area contributed by atoms with Gasteiger partial charge < -0.3 is 10.1 Å². The number of anilines is 1. The average molecular weight is 623 g/mol. The third kappa shape index (κ3) is 7.89. The molecular weight excluding hydrogens is 594 g/mol. The van der Waals surface area contributed by atoms with Gasteiger partial charge in [-0.2, -0.15) is 26.3 Å². The minimum atomic E-state index is -5.04. The van der Waals surface area contributed by atoms with Gasteiger partial charge in [-0.05, 0) is 60.4 Å². The van der Waals surface area contributed by atoms with Crippen molar-refractivity contribution in [1.82, 2.24) is 14.8 Å². The van der Waals surface area contributed by atoms with Gasteiger partial charge >= 0.3 is 12.4 Å². The number of halogens is 6. The van der Waals surface area contributed by atoms with Crippen LogP contribution in [0.5, 0.6) is 5.75 Å². The van der Waals surface area contributed by atoms with E-state index in [0.29, 0.717) is 36.0 Å². The second-order valence-electron chi connectivity index (χ2n) is 10.5. The molecule has 1 N–H and O–H groups in total. The van der Waals surface area contributed by atoms with E-state index in [1.807, 2.05) is 31.2 Å². The predicted octanol–water partition coefficient (Wildman–Crippen LogP) is 8.40. The van der Waals surface area contributed by atoms with E-state index in [1.54, 1.807) is 28.8 Å². The highest BCUT2D eigenvalue weighted by molar-refractivity contribution is 7.99. The molecule has 0 saturated heterocycles. The predicted molar refractivity (Wildman–Crippen MR) is 152 cm³/mol. The molecule has 0 aliphatic rings. The van der Waals surface area contributed by atoms with E-state index in [2.05, 4.69) is 36.3 Å². The number of rotatable bonds is 8. The Hall–Kier alpha value is -4.00. The smallest absolute Gasteiger partial charge is 0.416 e. The lowest BCUT2D eigenvalue weighted by Crippen LogP contribution is -2.17. The Labute approximate surface area is 248 Å². The number of thioether (sulfide) groups is 1. The first-order chi connectivity index (χ1) is 20.1. The molecule has 0 aliphatic carbocycles. The van der Waals surface area contributed by atoms with Gasteiger partial charge in [-0.3, -0.25) is 9.36 Å². The molecule has 0 aliphatic heterocycles. The van der Waals surface area contributed by atoms with Gasteiger partial charge in [-0.15, -0.1) is 10.2 Å². The Morgan fingerprint density at radius 3 is 1.93 bits per heavy atom. The number of nitrogens with one attached hydrogen (secondary N) is 1. The first-order valence-corrected chi connectivity index (χ1v) is 14.1. The van der Waals surface area contributed by atoms with Crippen molar-refractivity contribution >= 4 is 23.4 Å². The molecule has 3 aromatic carbocycles. The second kappa shape index (κ2) is 12.3. The van der Waals surface area contributed by atoms with Crippen molar-refractivity contribution in [2.24, 2.45) is 0 Å². The molecule has 4 aromatic rings. The minimum Gasteiger partial charge on any atom is -0.494 e. The molecule has 228 valence electrons. The lowest BCUT2D eigenvalue weighted by molar-refractivity contribution is -0.143. The molecule has 43 heavy (non-hydrogen) atoms. The number of hydrogen-bond donors (Lipinski definition) is 1. The second-order valence-corrected chi connectivity index (χ2v) is 11.5. The standard InChI is InChI=1S/C30H28F6N4O2S/c1-5-42-24-12-10-23(11-13-24)40-26(18-6-8-19(9-7-18)28(2,3)4)38-39-27(40)43-17-25(41)37-22-15-20(29(31,32)33)14-21(16-22)30(34,35)36/h6-16H,5,17H2,1-4H3,(H,37,41). The van der Waals surface area contributed by atoms with Gasteiger partial charge in [0.2, 0.25) is 5.91 Å². The Balaban J connectivity index is 1.62. The summed E-state index contributed by atoms with van der Waals surface area (Å²) in [6.45, 7) is 8.61. The summed E-state index contributed by atoms with van der Waals surface area (Å²) >= 11 is 0.928. The molecule has 1 amide bonds. The molecule has 1 aromatic heterocycles. The van der Waals surface area contributed by atoms with Crippen molar-refractivity contribution in [3.8, 4) is 22.8 Å². The largest absolute Gasteiger partial charge is 0.494 e. The summed E-state index contributed by atoms with van der Waals surface area (Å²) in [4.78, 5) is 12.7. The Bertz CT molecular complexity index is 1540. The van der Waals surface area contributed by atoms with Crippen molar-refractivity contribution in [3.63, 3.8) is 0 Å². The van der Waals surface area contributed by atoms with Gasteiger partial charge in [0, 0.05) is 16.9 Å². The summed E-state index contributed by atoms with van der Waals surface area (Å²) < 4.78 is 86.6. The van der Waals surface area contributed by atoms with Crippen molar-refractivity contribution in [1.29, 1.82) is 0 Å². The number of carbonyl (C=O) groups excluding carboxylic acids is 1. The van der Waals surface area contributed by atoms with Crippen molar-refractivity contribution < 1.29 is 35.9 Å². The maximum absolute atomic E-state index is 13.2. The molecule has 0 atom stereocenters. The Morgan fingerprint density at radius 1 is 0.837 bits per heavy atom. The molecule has 0 unspecified atom stereocenters. The molecule has 0 spiro atoms. The summed E-state index contributed by atoms with van der Waals surface area (Å²) in [6, 6.07) is 15.8. The molecule has 0 radical (unpaired) electrons. The van der Waals surface area contributed by atoms with Gasteiger partial charge in [-0.1, -0.05) is 56.8 Å². The molecule has 0 saturated carbocycles. The van der Waals surface area contributed by atoms with E-state index >= 15 is 0 Å². The van der Waals surface area contributed by atoms with Crippen LogP contribution < -0.4 is 10.1 Å². The number of carbonyl (C=O) groups is 1. The summed E-state index contributed by atoms with van der Waals surface area (Å²) in [5.41, 5.74) is -1.24. The summed E-state index contributed by atoms with van der Waals surface area (Å²) in [5, 5.41) is 11.0. The van der Waals surface area contributed by atoms with E-state index < -0.39 is 35.1 Å². The number of benzene rings is 3. The average Bonchev–Trinajstić information content (AvgIpc) is 3.35. The number of aromatic nitrogens is 3. The normalized spacial score (nSPS) is 12.3. The summed E-state index contributed by atoms with van der Waals surface area (Å²) in [7, 11) is 0. The number of amides is 1. The lowest BCUT2D eigenvalue weighted by atomic mass is 9.87. The molecular formula is C30H28F6N4O2S. The highest BCUT2D eigenvalue weighted by Gasteiger charge is 2.37. The summed E-state index contributed by atoms with van der Waals surface area (Å²) in [6.07, 6.45) is -10.1. The highest BCUT2D eigenvalue weighted by Crippen LogP contribution is 2.38. The van der Waals surface area contributed by atoms with Crippen LogP contribution in [0, 0.1) is 0 Å². The number of hydrogen-bond acceptors (Lipinski definition) is 5. The van der Waals surface area contributed by atoms with Crippen LogP contribution in [0.1, 0.15) is 44.4 Å². The molecule has 0 fully saturated rings. The Kier molecular flexibility index (Phi) is 9.14. The van der Waals surface area contributed by atoms with E-state index in [0.717, 1.165) is 22.9 Å². The monoisotopic (exact) mass is 622 g/mol. The van der Waals surface area contributed by atoms with Crippen LogP contribution in [-0.2, 0) is 22.6 Å². The van der Waals surface area contributed by atoms with E-state index in [4.69, 9.17) is 4.74 Å². The van der Waals surface area contributed by atoms with Crippen LogP contribution in [0.3, 0.4) is 0 Å². The van der Waals surface area contributed by atoms with Crippen molar-refractivity contribution in [3.05, 3.63) is 83.4 Å². The number of ether oxygens (including phenoxy) is 1. The summed E-state index contributed by atoms with van der Waals surface area (Å²) in [5.74, 6) is -0.0753. The topological polar surface area (TPSA) is 69.0 Å². The number of nitrogens with zero attached hydrogens (tertiary/aromatic N) is 3. The third-order valence-electron chi connectivity index (χ3n) is 6.25. The molecule has 1 heterocycles. The zero-order valence-electron chi connectivity index (χ0n) is 23.6. The molecule has 6 nitrogen and oxygen atoms in total. The van der Waals surface area contributed by atoms with E-state index in [-0.39, 0.29) is 22.4 Å². The highest BCUT2D eigenvalue weighted by atomic mass is 32.2. The van der Waals surface area contributed by atoms with E-state index in [1.165, 1.54) is 0 Å². The molecule has 0 bridgehead atoms. The van der Waals surface area contributed by atoms with Gasteiger partial charge in [0.05, 0.1) is 23.5 Å². The first kappa shape index (κ1) is 31.9. The van der Waals surface area contributed by atoms with E-state index in [9.17, 15) is 31.1 Å². The van der Waals surface area contributed by atoms with Crippen LogP contribution >= 0.6 is 11.8 Å². The molecule has 4 rings (SSSR count). The molecule has 13 heteroatoms. The quantitative estimate of drug-likeness (QED) is 0.158. The van der Waals surface area contributed by atoms with Crippen LogP contribution in [0.25, 0.3) is 17.1 Å². The maximum Gasteiger partial charge on any atom is 0.416 e. The number of alkyl halides is 6. The van der Waals surface area contributed by atoms with Crippen LogP contribution in [0.15, 0.2) is 71.9 Å². The van der Waals surface area contributed by atoms with Gasteiger partial charge in [0.25, 0.3) is 0 Å². The zero-order valence-corrected chi connectivity index (χ0v) is 24.4. The van der Waals surface area contributed by atoms with Crippen LogP contribution in [0.4, 0.5) is 32.0 Å². The van der Waals surface area contributed by atoms with Gasteiger partial charge in [0.15, 0.2) is 11.0 Å². The van der Waals surface area contributed by atoms with Crippen molar-refractivity contribution in [2.75, 3.05) is 17.7 Å². The van der Waals surface area contributed by atoms with Gasteiger partial charge in [0.1, 0.15) is 5.75 Å². The fourth-order valence-corrected chi connectivity index (χ4v) is 4.87. The zero-order chi connectivity index (χ0) is 31.6. The fraction of sp³-hybridized carbons (Fsp3) is 0.300. The van der Waals surface area contributed by atoms with Crippen LogP contribution in [0.2, 0.25) is 0 Å². The first-order valence-electron chi connectivity index (χ1n) is 13.1. The minimum absolute atomic E-state index is 0.000733. The maximum atomic E-state index is 13.2. The lowest BCUT2D eigenvalue weighted by Gasteiger charge is -2.19. The van der Waals surface area contributed by atoms with Gasteiger partial charge in [-0.25, -0.2) is 0 Å². The third-order valence-corrected chi connectivity index (χ3v) is 7.18.